The van der Waals surface area contributed by atoms with Crippen LogP contribution in [0.4, 0.5) is 64.7 Å². The van der Waals surface area contributed by atoms with Gasteiger partial charge in [-0.05, 0) is 160 Å². The van der Waals surface area contributed by atoms with Gasteiger partial charge in [-0.1, -0.05) is 59.8 Å². The van der Waals surface area contributed by atoms with E-state index in [-0.39, 0.29) is 68.4 Å². The lowest BCUT2D eigenvalue weighted by Crippen LogP contribution is -2.49. The zero-order valence-corrected chi connectivity index (χ0v) is 62.7. The summed E-state index contributed by atoms with van der Waals surface area (Å²) in [5, 5.41) is 34.6. The molecule has 34 heteroatoms. The largest absolute Gasteiger partial charge is 0.444 e. The van der Waals surface area contributed by atoms with Crippen LogP contribution in [-0.2, 0) is 78.2 Å². The summed E-state index contributed by atoms with van der Waals surface area (Å²) in [4.78, 5) is 142. The smallest absolute Gasteiger partial charge is 0.408 e. The fraction of sp³-hybridized carbons (Fsp3) is 0.493. The molecule has 4 unspecified atom stereocenters. The van der Waals surface area contributed by atoms with E-state index < -0.39 is 81.8 Å². The van der Waals surface area contributed by atoms with Gasteiger partial charge in [-0.15, -0.1) is 23.2 Å². The molecule has 29 nitrogen and oxygen atoms in total. The number of rotatable bonds is 13. The number of hydrogen-bond donors (Lipinski definition) is 10. The first kappa shape index (κ1) is 88.3. The number of anilines is 7. The number of nitrogens with one attached hydrogen (secondary N) is 9. The molecule has 5 heterocycles. The molecule has 0 spiro atoms. The van der Waals surface area contributed by atoms with Crippen molar-refractivity contribution in [2.24, 2.45) is 0 Å². The van der Waals surface area contributed by atoms with E-state index >= 15 is 0 Å². The molecule has 11 N–H and O–H groups in total. The summed E-state index contributed by atoms with van der Waals surface area (Å²) in [7, 11) is 0. The standard InChI is InChI=1S/C18H24ClN3O4.C18H23N3O4.C14H16BrN3O5.C14H19N3O3.C4H6Cl2O.CH4.B/c1-18(2,3)26-17(25)21-13-10-11-6-4-7-12(15(11)22-16(13)24)20-14(23)8-5-9-19;1-18(2,3)25-17(24)19-12-10-11-6-4-7-13(15(11)20-16(12)23)21-9-5-8-14(21)22;1-14(2,3)23-13(20)16-9-5-7-4-8(15)6-10(18(21)22)11(7)17-12(9)19;1-14(2,3)20-13(19)16-10-7-8-5-4-6-9(15)11(8)17-12(10)18;5-3-1-2-4(6)7;;/h4,6-7,13H,5,8-10H2,1-3H3,(H,20,23)(H,21,25)(H,22,24);4,6-7,12H,5,8-10H2,1-3H3,(H,19,24)(H,20,23);4,6,9H,5H2,1-3H3,(H,16,20)(H,17,19);4-6,10H,7,15H2,1-3H3,(H,16,19)(H,17,18);1-3H2;1H4;. The zero-order chi connectivity index (χ0) is 75.5. The van der Waals surface area contributed by atoms with E-state index in [1.54, 1.807) is 112 Å². The Morgan fingerprint density at radius 2 is 0.951 bits per heavy atom. The molecule has 0 bridgehead atoms. The highest BCUT2D eigenvalue weighted by Gasteiger charge is 2.37. The van der Waals surface area contributed by atoms with Crippen molar-refractivity contribution in [1.82, 2.24) is 21.3 Å². The number of carbonyl (C=O) groups is 11. The average molecular weight is 1560 g/mol. The van der Waals surface area contributed by atoms with Crippen molar-refractivity contribution in [3.63, 3.8) is 0 Å². The number of nitrogens with two attached hydrogens (primary N) is 1. The number of nitrogens with zero attached hydrogens (tertiary/aromatic N) is 2. The number of alkyl halides is 2. The van der Waals surface area contributed by atoms with Gasteiger partial charge in [0.25, 0.3) is 5.69 Å². The van der Waals surface area contributed by atoms with Gasteiger partial charge in [0.1, 0.15) is 52.3 Å². The summed E-state index contributed by atoms with van der Waals surface area (Å²) in [6, 6.07) is 16.4. The van der Waals surface area contributed by atoms with Gasteiger partial charge in [-0.25, -0.2) is 19.2 Å². The monoisotopic (exact) mass is 1560 g/mol. The highest BCUT2D eigenvalue weighted by atomic mass is 79.9. The maximum absolute atomic E-state index is 12.4. The fourth-order valence-electron chi connectivity index (χ4n) is 10.1. The lowest BCUT2D eigenvalue weighted by molar-refractivity contribution is -0.384. The number of para-hydroxylation sites is 3. The highest BCUT2D eigenvalue weighted by Crippen LogP contribution is 2.38. The number of carbonyl (C=O) groups excluding carboxylic acids is 11. The summed E-state index contributed by atoms with van der Waals surface area (Å²) < 4.78 is 21.2. The van der Waals surface area contributed by atoms with Gasteiger partial charge in [-0.2, -0.15) is 0 Å². The summed E-state index contributed by atoms with van der Waals surface area (Å²) in [6.45, 7) is 21.6. The van der Waals surface area contributed by atoms with Crippen LogP contribution in [0.3, 0.4) is 0 Å². The number of fused-ring (bicyclic) bond motifs is 4. The fourth-order valence-corrected chi connectivity index (χ4v) is 11.0. The Morgan fingerprint density at radius 1 is 0.573 bits per heavy atom. The van der Waals surface area contributed by atoms with E-state index in [0.29, 0.717) is 108 Å². The van der Waals surface area contributed by atoms with Gasteiger partial charge in [-0.3, -0.25) is 43.7 Å². The molecular weight excluding hydrogens is 1470 g/mol. The van der Waals surface area contributed by atoms with E-state index in [1.165, 1.54) is 6.07 Å². The number of alkyl carbamates (subject to hydrolysis) is 4. The Balaban J connectivity index is 0.000000344. The van der Waals surface area contributed by atoms with Crippen LogP contribution in [0.1, 0.15) is 151 Å². The topological polar surface area (TPSA) is 405 Å². The van der Waals surface area contributed by atoms with Gasteiger partial charge in [0.15, 0.2) is 0 Å². The van der Waals surface area contributed by atoms with Crippen LogP contribution < -0.4 is 58.5 Å². The molecule has 10 amide bonds. The molecule has 103 heavy (non-hydrogen) atoms. The van der Waals surface area contributed by atoms with Crippen LogP contribution in [0.5, 0.6) is 0 Å². The zero-order valence-electron chi connectivity index (χ0n) is 58.9. The van der Waals surface area contributed by atoms with Gasteiger partial charge in [0, 0.05) is 82.2 Å². The molecule has 3 radical (unpaired) electrons. The van der Waals surface area contributed by atoms with Crippen LogP contribution in [-0.4, -0.2) is 143 Å². The molecule has 0 aromatic heterocycles. The van der Waals surface area contributed by atoms with Crippen LogP contribution in [0.25, 0.3) is 0 Å². The van der Waals surface area contributed by atoms with Crippen LogP contribution in [0, 0.1) is 10.1 Å². The van der Waals surface area contributed by atoms with Crippen molar-refractivity contribution >= 4 is 170 Å². The number of amides is 10. The third-order valence-electron chi connectivity index (χ3n) is 14.2. The average Bonchev–Trinajstić information content (AvgIpc) is 1.51. The number of nitrogen functional groups attached to an aromatic ring is 1. The van der Waals surface area contributed by atoms with Crippen molar-refractivity contribution in [2.45, 2.75) is 201 Å². The molecule has 4 aromatic rings. The molecule has 1 fully saturated rings. The van der Waals surface area contributed by atoms with Gasteiger partial charge >= 0.3 is 24.4 Å². The minimum Gasteiger partial charge on any atom is -0.444 e. The Labute approximate surface area is 624 Å². The second-order valence-corrected chi connectivity index (χ2v) is 29.5. The maximum Gasteiger partial charge on any atom is 0.408 e. The third kappa shape index (κ3) is 29.0. The van der Waals surface area contributed by atoms with Crippen molar-refractivity contribution in [3.05, 3.63) is 104 Å². The number of nitro groups is 1. The minimum atomic E-state index is -0.855. The molecule has 1 saturated heterocycles. The number of hydrogen-bond acceptors (Lipinski definition) is 18. The summed E-state index contributed by atoms with van der Waals surface area (Å²) in [6.07, 6.45) is 1.92. The normalized spacial score (nSPS) is 16.9. The van der Waals surface area contributed by atoms with E-state index in [1.807, 2.05) is 36.4 Å². The molecule has 0 saturated carbocycles. The first-order valence-corrected chi connectivity index (χ1v) is 34.5. The highest BCUT2D eigenvalue weighted by molar-refractivity contribution is 9.10. The number of benzene rings is 4. The van der Waals surface area contributed by atoms with Gasteiger partial charge in [0.05, 0.1) is 39.0 Å². The van der Waals surface area contributed by atoms with Crippen LogP contribution in [0.15, 0.2) is 71.2 Å². The molecule has 4 atom stereocenters. The second kappa shape index (κ2) is 39.1. The number of ether oxygens (including phenoxy) is 4. The second-order valence-electron chi connectivity index (χ2n) is 27.5. The lowest BCUT2D eigenvalue weighted by atomic mass is 9.97. The Bertz CT molecular complexity index is 3770. The molecule has 5 aliphatic heterocycles. The van der Waals surface area contributed by atoms with E-state index in [9.17, 15) is 62.9 Å². The molecule has 561 valence electrons. The summed E-state index contributed by atoms with van der Waals surface area (Å²) >= 11 is 19.0. The van der Waals surface area contributed by atoms with Crippen LogP contribution >= 0.6 is 50.7 Å². The Morgan fingerprint density at radius 3 is 1.35 bits per heavy atom. The molecular formula is C69H92BBrCl3N12O17. The molecule has 5 aliphatic rings. The first-order valence-electron chi connectivity index (χ1n) is 32.2. The van der Waals surface area contributed by atoms with Gasteiger partial charge < -0.3 is 77.4 Å². The van der Waals surface area contributed by atoms with Crippen molar-refractivity contribution in [1.29, 1.82) is 0 Å². The van der Waals surface area contributed by atoms with E-state index in [2.05, 4.69) is 63.8 Å². The third-order valence-corrected chi connectivity index (χ3v) is 15.4. The predicted molar refractivity (Wildman–Crippen MR) is 400 cm³/mol. The Kier molecular flexibility index (Phi) is 33.5. The maximum atomic E-state index is 12.4. The van der Waals surface area contributed by atoms with Gasteiger partial charge in [0.2, 0.25) is 40.7 Å². The first-order chi connectivity index (χ1) is 47.0. The summed E-state index contributed by atoms with van der Waals surface area (Å²) in [5.74, 6) is -0.648. The Hall–Kier alpha value is -8.94. The number of halogens is 4. The van der Waals surface area contributed by atoms with Crippen molar-refractivity contribution in [3.8, 4) is 0 Å². The van der Waals surface area contributed by atoms with Crippen LogP contribution in [0.2, 0.25) is 0 Å². The molecule has 9 rings (SSSR count). The minimum absolute atomic E-state index is 0. The lowest BCUT2D eigenvalue weighted by Gasteiger charge is -2.30. The van der Waals surface area contributed by atoms with Crippen molar-refractivity contribution in [2.75, 3.05) is 55.5 Å². The SMILES string of the molecule is C.CC(C)(C)OC(=O)NC1Cc2cc(Br)cc([N+](=O)[O-])c2NC1=O.CC(C)(C)OC(=O)NC1Cc2cccc(N)c2NC1=O.CC(C)(C)OC(=O)NC1Cc2cccc(N3CCCC3=O)c2NC1=O.CC(C)(C)OC(=O)NC1Cc2cccc(NC(=O)CCCCl)c2NC1=O.O=C(Cl)CCCCl.[B]. The predicted octanol–water partition coefficient (Wildman–Crippen LogP) is 11.7. The molecule has 4 aromatic carbocycles. The molecule has 0 aliphatic carbocycles. The van der Waals surface area contributed by atoms with E-state index in [0.717, 1.165) is 28.8 Å². The quantitative estimate of drug-likeness (QED) is 0.0113. The van der Waals surface area contributed by atoms with Crippen molar-refractivity contribution < 1.29 is 76.6 Å². The number of nitro benzene ring substituents is 1. The van der Waals surface area contributed by atoms with E-state index in [4.69, 9.17) is 59.5 Å². The summed E-state index contributed by atoms with van der Waals surface area (Å²) in [5.41, 5.74) is 9.99.